The molecule has 3 unspecified atom stereocenters. The maximum Gasteiger partial charge on any atom is 0.306 e. The van der Waals surface area contributed by atoms with E-state index in [0.717, 1.165) is 34.3 Å². The van der Waals surface area contributed by atoms with Gasteiger partial charge in [-0.15, -0.1) is 0 Å². The molecule has 0 saturated heterocycles. The van der Waals surface area contributed by atoms with Crippen LogP contribution in [0.1, 0.15) is 44.2 Å². The molecule has 0 spiro atoms. The molecular weight excluding hydrogens is 342 g/mol. The minimum absolute atomic E-state index is 0.119. The van der Waals surface area contributed by atoms with E-state index in [1.54, 1.807) is 0 Å². The van der Waals surface area contributed by atoms with E-state index in [1.165, 1.54) is 0 Å². The van der Waals surface area contributed by atoms with Crippen molar-refractivity contribution in [1.29, 1.82) is 0 Å². The molecule has 2 rings (SSSR count). The quantitative estimate of drug-likeness (QED) is 0.837. The number of carboxylic acid groups (broad SMARTS) is 1. The Hall–Kier alpha value is -0.580. The third kappa shape index (κ3) is 3.96. The lowest BCUT2D eigenvalue weighted by Crippen LogP contribution is -2.37. The molecular formula is C15H19BrClNO2. The van der Waals surface area contributed by atoms with Gasteiger partial charge in [0.15, 0.2) is 0 Å². The summed E-state index contributed by atoms with van der Waals surface area (Å²) in [6, 6.07) is 6.23. The number of benzene rings is 1. The highest BCUT2D eigenvalue weighted by Gasteiger charge is 2.27. The van der Waals surface area contributed by atoms with Crippen LogP contribution in [-0.4, -0.2) is 17.1 Å². The SMILES string of the molecule is CC(NC1CCCC(C(=O)O)C1)c1ccc(Br)cc1Cl. The molecule has 0 aromatic heterocycles. The van der Waals surface area contributed by atoms with E-state index < -0.39 is 5.97 Å². The van der Waals surface area contributed by atoms with Gasteiger partial charge in [-0.3, -0.25) is 4.79 Å². The van der Waals surface area contributed by atoms with Gasteiger partial charge in [0.05, 0.1) is 5.92 Å². The van der Waals surface area contributed by atoms with Crippen LogP contribution in [-0.2, 0) is 4.79 Å². The van der Waals surface area contributed by atoms with Crippen LogP contribution in [0.25, 0.3) is 0 Å². The zero-order valence-corrected chi connectivity index (χ0v) is 13.7. The lowest BCUT2D eigenvalue weighted by atomic mass is 9.85. The van der Waals surface area contributed by atoms with Gasteiger partial charge in [0, 0.05) is 21.6 Å². The number of aliphatic carboxylic acids is 1. The minimum Gasteiger partial charge on any atom is -0.481 e. The summed E-state index contributed by atoms with van der Waals surface area (Å²) in [5.74, 6) is -0.889. The molecule has 0 radical (unpaired) electrons. The molecule has 5 heteroatoms. The van der Waals surface area contributed by atoms with Crippen LogP contribution in [0.3, 0.4) is 0 Å². The molecule has 3 atom stereocenters. The first-order chi connectivity index (χ1) is 9.47. The van der Waals surface area contributed by atoms with Crippen LogP contribution < -0.4 is 5.32 Å². The van der Waals surface area contributed by atoms with E-state index in [2.05, 4.69) is 28.2 Å². The second-order valence-electron chi connectivity index (χ2n) is 5.45. The number of carbonyl (C=O) groups is 1. The normalized spacial score (nSPS) is 24.4. The Morgan fingerprint density at radius 3 is 2.90 bits per heavy atom. The topological polar surface area (TPSA) is 49.3 Å². The van der Waals surface area contributed by atoms with Gasteiger partial charge in [0.1, 0.15) is 0 Å². The van der Waals surface area contributed by atoms with E-state index in [0.29, 0.717) is 6.42 Å². The number of hydrogen-bond donors (Lipinski definition) is 2. The molecule has 1 saturated carbocycles. The molecule has 0 bridgehead atoms. The molecule has 2 N–H and O–H groups in total. The molecule has 1 fully saturated rings. The molecule has 0 aliphatic heterocycles. The van der Waals surface area contributed by atoms with E-state index in [4.69, 9.17) is 16.7 Å². The number of halogens is 2. The van der Waals surface area contributed by atoms with Crippen LogP contribution in [0.15, 0.2) is 22.7 Å². The Bertz CT molecular complexity index is 495. The maximum absolute atomic E-state index is 11.1. The monoisotopic (exact) mass is 359 g/mol. The molecule has 1 aliphatic carbocycles. The Morgan fingerprint density at radius 2 is 2.25 bits per heavy atom. The predicted octanol–water partition coefficient (Wildman–Crippen LogP) is 4.40. The van der Waals surface area contributed by atoms with E-state index >= 15 is 0 Å². The lowest BCUT2D eigenvalue weighted by molar-refractivity contribution is -0.143. The summed E-state index contributed by atoms with van der Waals surface area (Å²) in [6.45, 7) is 2.07. The summed E-state index contributed by atoms with van der Waals surface area (Å²) < 4.78 is 0.960. The first-order valence-corrected chi connectivity index (χ1v) is 8.08. The molecule has 0 heterocycles. The van der Waals surface area contributed by atoms with Gasteiger partial charge in [-0.2, -0.15) is 0 Å². The Kier molecular flexibility index (Phi) is 5.47. The van der Waals surface area contributed by atoms with Gasteiger partial charge in [0.2, 0.25) is 0 Å². The summed E-state index contributed by atoms with van der Waals surface area (Å²) in [7, 11) is 0. The summed E-state index contributed by atoms with van der Waals surface area (Å²) in [5.41, 5.74) is 1.05. The summed E-state index contributed by atoms with van der Waals surface area (Å²) in [4.78, 5) is 11.1. The summed E-state index contributed by atoms with van der Waals surface area (Å²) >= 11 is 9.65. The van der Waals surface area contributed by atoms with Gasteiger partial charge in [-0.1, -0.05) is 40.0 Å². The smallest absolute Gasteiger partial charge is 0.306 e. The maximum atomic E-state index is 11.1. The van der Waals surface area contributed by atoms with Crippen LogP contribution >= 0.6 is 27.5 Å². The Morgan fingerprint density at radius 1 is 1.50 bits per heavy atom. The van der Waals surface area contributed by atoms with E-state index in [9.17, 15) is 4.79 Å². The number of carboxylic acids is 1. The highest BCUT2D eigenvalue weighted by molar-refractivity contribution is 9.10. The predicted molar refractivity (Wildman–Crippen MR) is 84.1 cm³/mol. The van der Waals surface area contributed by atoms with Crippen molar-refractivity contribution in [3.63, 3.8) is 0 Å². The molecule has 20 heavy (non-hydrogen) atoms. The average molecular weight is 361 g/mol. The first kappa shape index (κ1) is 15.8. The van der Waals surface area contributed by atoms with Crippen molar-refractivity contribution in [2.75, 3.05) is 0 Å². The van der Waals surface area contributed by atoms with Gasteiger partial charge >= 0.3 is 5.97 Å². The summed E-state index contributed by atoms with van der Waals surface area (Å²) in [6.07, 6.45) is 3.49. The van der Waals surface area contributed by atoms with Crippen molar-refractivity contribution in [2.24, 2.45) is 5.92 Å². The fraction of sp³-hybridized carbons (Fsp3) is 0.533. The molecule has 1 aliphatic rings. The zero-order chi connectivity index (χ0) is 14.7. The van der Waals surface area contributed by atoms with Crippen molar-refractivity contribution in [3.8, 4) is 0 Å². The Balaban J connectivity index is 2.00. The standard InChI is InChI=1S/C15H19BrClNO2/c1-9(13-6-5-11(16)8-14(13)17)18-12-4-2-3-10(7-12)15(19)20/h5-6,8-10,12,18H,2-4,7H2,1H3,(H,19,20). The van der Waals surface area contributed by atoms with Crippen LogP contribution in [0.4, 0.5) is 0 Å². The molecule has 1 aromatic rings. The van der Waals surface area contributed by atoms with Crippen molar-refractivity contribution in [2.45, 2.75) is 44.7 Å². The van der Waals surface area contributed by atoms with Crippen molar-refractivity contribution >= 4 is 33.5 Å². The van der Waals surface area contributed by atoms with E-state index in [-0.39, 0.29) is 18.0 Å². The fourth-order valence-electron chi connectivity index (χ4n) is 2.86. The minimum atomic E-state index is -0.675. The van der Waals surface area contributed by atoms with Crippen molar-refractivity contribution in [3.05, 3.63) is 33.3 Å². The highest BCUT2D eigenvalue weighted by atomic mass is 79.9. The lowest BCUT2D eigenvalue weighted by Gasteiger charge is -2.30. The number of nitrogens with one attached hydrogen (secondary N) is 1. The van der Waals surface area contributed by atoms with Crippen LogP contribution in [0, 0.1) is 5.92 Å². The molecule has 3 nitrogen and oxygen atoms in total. The molecule has 110 valence electrons. The van der Waals surface area contributed by atoms with Crippen molar-refractivity contribution in [1.82, 2.24) is 5.32 Å². The van der Waals surface area contributed by atoms with Gasteiger partial charge in [-0.25, -0.2) is 0 Å². The largest absolute Gasteiger partial charge is 0.481 e. The zero-order valence-electron chi connectivity index (χ0n) is 11.4. The third-order valence-corrected chi connectivity index (χ3v) is 4.76. The van der Waals surface area contributed by atoms with Crippen LogP contribution in [0.5, 0.6) is 0 Å². The number of hydrogen-bond acceptors (Lipinski definition) is 2. The van der Waals surface area contributed by atoms with Gasteiger partial charge in [0.25, 0.3) is 0 Å². The third-order valence-electron chi connectivity index (χ3n) is 3.94. The molecule has 0 amide bonds. The summed E-state index contributed by atoms with van der Waals surface area (Å²) in [5, 5.41) is 13.4. The molecule has 1 aromatic carbocycles. The van der Waals surface area contributed by atoms with Gasteiger partial charge in [-0.05, 0) is 43.9 Å². The van der Waals surface area contributed by atoms with Crippen LogP contribution in [0.2, 0.25) is 5.02 Å². The fourth-order valence-corrected chi connectivity index (χ4v) is 3.70. The highest BCUT2D eigenvalue weighted by Crippen LogP contribution is 2.30. The Labute approximate surface area is 132 Å². The second-order valence-corrected chi connectivity index (χ2v) is 6.78. The average Bonchev–Trinajstić information content (AvgIpc) is 2.38. The van der Waals surface area contributed by atoms with E-state index in [1.807, 2.05) is 18.2 Å². The second kappa shape index (κ2) is 6.92. The first-order valence-electron chi connectivity index (χ1n) is 6.91. The van der Waals surface area contributed by atoms with Gasteiger partial charge < -0.3 is 10.4 Å². The van der Waals surface area contributed by atoms with Crippen molar-refractivity contribution < 1.29 is 9.90 Å². The number of rotatable bonds is 4.